The summed E-state index contributed by atoms with van der Waals surface area (Å²) >= 11 is 0. The van der Waals surface area contributed by atoms with Crippen molar-refractivity contribution in [2.24, 2.45) is 5.92 Å². The van der Waals surface area contributed by atoms with Crippen LogP contribution in [0.25, 0.3) is 0 Å². The Balaban J connectivity index is 1.73. The van der Waals surface area contributed by atoms with Crippen LogP contribution >= 0.6 is 0 Å². The summed E-state index contributed by atoms with van der Waals surface area (Å²) < 4.78 is 5.51. The Morgan fingerprint density at radius 2 is 1.95 bits per heavy atom. The molecule has 2 rings (SSSR count). The molecule has 0 spiro atoms. The second kappa shape index (κ2) is 6.57. The fourth-order valence-corrected chi connectivity index (χ4v) is 3.21. The lowest BCUT2D eigenvalue weighted by Gasteiger charge is -2.42. The van der Waals surface area contributed by atoms with Crippen LogP contribution in [0, 0.1) is 5.92 Å². The lowest BCUT2D eigenvalue weighted by atomic mass is 9.77. The second-order valence-electron chi connectivity index (χ2n) is 6.17. The van der Waals surface area contributed by atoms with Crippen molar-refractivity contribution in [1.29, 1.82) is 0 Å². The number of hydrogen-bond donors (Lipinski definition) is 1. The van der Waals surface area contributed by atoms with E-state index in [1.165, 1.54) is 0 Å². The number of carbonyl (C=O) groups is 2. The molecule has 5 nitrogen and oxygen atoms in total. The van der Waals surface area contributed by atoms with Crippen molar-refractivity contribution in [2.45, 2.75) is 57.0 Å². The number of ether oxygens (including phenoxy) is 1. The van der Waals surface area contributed by atoms with Crippen LogP contribution in [0.15, 0.2) is 0 Å². The quantitative estimate of drug-likeness (QED) is 0.810. The number of carboxylic acid groups (broad SMARTS) is 1. The highest BCUT2D eigenvalue weighted by molar-refractivity contribution is 5.77. The molecule has 1 saturated heterocycles. The van der Waals surface area contributed by atoms with Gasteiger partial charge in [0.2, 0.25) is 5.91 Å². The minimum atomic E-state index is -0.726. The van der Waals surface area contributed by atoms with Gasteiger partial charge < -0.3 is 14.7 Å². The number of nitrogens with zero attached hydrogens (tertiary/aromatic N) is 1. The molecule has 20 heavy (non-hydrogen) atoms. The van der Waals surface area contributed by atoms with E-state index in [1.54, 1.807) is 7.11 Å². The summed E-state index contributed by atoms with van der Waals surface area (Å²) in [5.41, 5.74) is -0.197. The first-order valence-corrected chi connectivity index (χ1v) is 7.59. The van der Waals surface area contributed by atoms with Crippen molar-refractivity contribution in [3.8, 4) is 0 Å². The number of carboxylic acids is 1. The standard InChI is InChI=1S/C15H25NO4/c1-20-15(7-2-8-15)11-13(17)16-9-5-12(6-10-16)3-4-14(18)19/h12H,2-11H2,1H3,(H,18,19). The van der Waals surface area contributed by atoms with Crippen LogP contribution in [-0.4, -0.2) is 47.7 Å². The van der Waals surface area contributed by atoms with E-state index in [0.717, 1.165) is 51.6 Å². The lowest BCUT2D eigenvalue weighted by molar-refractivity contribution is -0.146. The Hall–Kier alpha value is -1.10. The van der Waals surface area contributed by atoms with E-state index in [-0.39, 0.29) is 17.9 Å². The highest BCUT2D eigenvalue weighted by atomic mass is 16.5. The Morgan fingerprint density at radius 1 is 1.30 bits per heavy atom. The van der Waals surface area contributed by atoms with E-state index in [4.69, 9.17) is 9.84 Å². The van der Waals surface area contributed by atoms with Gasteiger partial charge in [-0.2, -0.15) is 0 Å². The number of methoxy groups -OCH3 is 1. The van der Waals surface area contributed by atoms with E-state index in [9.17, 15) is 9.59 Å². The molecule has 114 valence electrons. The smallest absolute Gasteiger partial charge is 0.303 e. The molecule has 0 atom stereocenters. The number of piperidine rings is 1. The zero-order valence-corrected chi connectivity index (χ0v) is 12.3. The Morgan fingerprint density at radius 3 is 2.40 bits per heavy atom. The summed E-state index contributed by atoms with van der Waals surface area (Å²) in [4.78, 5) is 24.8. The van der Waals surface area contributed by atoms with Gasteiger partial charge in [-0.25, -0.2) is 0 Å². The van der Waals surface area contributed by atoms with Gasteiger partial charge in [0.25, 0.3) is 0 Å². The summed E-state index contributed by atoms with van der Waals surface area (Å²) in [5.74, 6) is -0.0750. The molecule has 0 unspecified atom stereocenters. The molecular formula is C15H25NO4. The molecule has 5 heteroatoms. The van der Waals surface area contributed by atoms with Crippen LogP contribution in [0.5, 0.6) is 0 Å². The largest absolute Gasteiger partial charge is 0.481 e. The summed E-state index contributed by atoms with van der Waals surface area (Å²) in [7, 11) is 1.70. The zero-order chi connectivity index (χ0) is 14.6. The van der Waals surface area contributed by atoms with Gasteiger partial charge in [-0.3, -0.25) is 9.59 Å². The average Bonchev–Trinajstić information content (AvgIpc) is 2.41. The first-order valence-electron chi connectivity index (χ1n) is 7.59. The van der Waals surface area contributed by atoms with Crippen LogP contribution in [-0.2, 0) is 14.3 Å². The van der Waals surface area contributed by atoms with Crippen LogP contribution in [0.1, 0.15) is 51.4 Å². The maximum atomic E-state index is 12.3. The molecule has 1 aliphatic carbocycles. The molecule has 0 radical (unpaired) electrons. The molecule has 2 fully saturated rings. The summed E-state index contributed by atoms with van der Waals surface area (Å²) in [6, 6.07) is 0. The van der Waals surface area contributed by atoms with Crippen LogP contribution in [0.3, 0.4) is 0 Å². The van der Waals surface area contributed by atoms with Crippen molar-refractivity contribution in [3.05, 3.63) is 0 Å². The molecular weight excluding hydrogens is 258 g/mol. The van der Waals surface area contributed by atoms with Crippen LogP contribution in [0.2, 0.25) is 0 Å². The predicted octanol–water partition coefficient (Wildman–Crippen LogP) is 2.05. The van der Waals surface area contributed by atoms with Crippen molar-refractivity contribution in [1.82, 2.24) is 4.90 Å². The van der Waals surface area contributed by atoms with Crippen LogP contribution in [0.4, 0.5) is 0 Å². The van der Waals surface area contributed by atoms with Gasteiger partial charge in [-0.05, 0) is 44.4 Å². The first kappa shape index (κ1) is 15.3. The predicted molar refractivity (Wildman–Crippen MR) is 74.4 cm³/mol. The number of likely N-dealkylation sites (tertiary alicyclic amines) is 1. The fraction of sp³-hybridized carbons (Fsp3) is 0.867. The summed E-state index contributed by atoms with van der Waals surface area (Å²) in [5, 5.41) is 8.69. The van der Waals surface area contributed by atoms with Gasteiger partial charge in [0.05, 0.1) is 12.0 Å². The number of aliphatic carboxylic acids is 1. The minimum absolute atomic E-state index is 0.197. The number of hydrogen-bond acceptors (Lipinski definition) is 3. The third-order valence-electron chi connectivity index (χ3n) is 4.90. The SMILES string of the molecule is COC1(CC(=O)N2CCC(CCC(=O)O)CC2)CCC1. The number of carbonyl (C=O) groups excluding carboxylic acids is 1. The molecule has 0 bridgehead atoms. The molecule has 0 aromatic rings. The lowest BCUT2D eigenvalue weighted by Crippen LogP contribution is -2.47. The monoisotopic (exact) mass is 283 g/mol. The van der Waals surface area contributed by atoms with Crippen molar-refractivity contribution >= 4 is 11.9 Å². The highest BCUT2D eigenvalue weighted by Crippen LogP contribution is 2.38. The minimum Gasteiger partial charge on any atom is -0.481 e. The molecule has 0 aromatic heterocycles. The molecule has 2 aliphatic rings. The molecule has 1 amide bonds. The molecule has 1 N–H and O–H groups in total. The van der Waals surface area contributed by atoms with Gasteiger partial charge in [0, 0.05) is 26.6 Å². The average molecular weight is 283 g/mol. The molecule has 0 aromatic carbocycles. The Labute approximate surface area is 120 Å². The third kappa shape index (κ3) is 3.72. The van der Waals surface area contributed by atoms with Crippen LogP contribution < -0.4 is 0 Å². The number of amides is 1. The van der Waals surface area contributed by atoms with E-state index in [1.807, 2.05) is 4.90 Å². The normalized spacial score (nSPS) is 22.4. The van der Waals surface area contributed by atoms with Gasteiger partial charge in [0.1, 0.15) is 0 Å². The zero-order valence-electron chi connectivity index (χ0n) is 12.3. The van der Waals surface area contributed by atoms with Crippen molar-refractivity contribution in [2.75, 3.05) is 20.2 Å². The Kier molecular flexibility index (Phi) is 5.02. The maximum absolute atomic E-state index is 12.3. The fourth-order valence-electron chi connectivity index (χ4n) is 3.21. The summed E-state index contributed by atoms with van der Waals surface area (Å²) in [6.07, 6.45) is 6.47. The van der Waals surface area contributed by atoms with Gasteiger partial charge >= 0.3 is 5.97 Å². The third-order valence-corrected chi connectivity index (χ3v) is 4.90. The van der Waals surface area contributed by atoms with E-state index < -0.39 is 5.97 Å². The van der Waals surface area contributed by atoms with Gasteiger partial charge in [-0.1, -0.05) is 0 Å². The summed E-state index contributed by atoms with van der Waals surface area (Å²) in [6.45, 7) is 1.53. The van der Waals surface area contributed by atoms with Crippen molar-refractivity contribution in [3.63, 3.8) is 0 Å². The van der Waals surface area contributed by atoms with Crippen molar-refractivity contribution < 1.29 is 19.4 Å². The van der Waals surface area contributed by atoms with Gasteiger partial charge in [0.15, 0.2) is 0 Å². The van der Waals surface area contributed by atoms with E-state index in [0.29, 0.717) is 12.3 Å². The first-order chi connectivity index (χ1) is 9.54. The molecule has 1 saturated carbocycles. The van der Waals surface area contributed by atoms with E-state index >= 15 is 0 Å². The highest BCUT2D eigenvalue weighted by Gasteiger charge is 2.40. The molecule has 1 heterocycles. The van der Waals surface area contributed by atoms with E-state index in [2.05, 4.69) is 0 Å². The second-order valence-corrected chi connectivity index (χ2v) is 6.17. The maximum Gasteiger partial charge on any atom is 0.303 e. The Bertz CT molecular complexity index is 351. The molecule has 1 aliphatic heterocycles. The number of rotatable bonds is 6. The van der Waals surface area contributed by atoms with Gasteiger partial charge in [-0.15, -0.1) is 0 Å². The topological polar surface area (TPSA) is 66.8 Å².